The molecule has 1 N–H and O–H groups in total. The second kappa shape index (κ2) is 7.50. The Bertz CT molecular complexity index is 653. The van der Waals surface area contributed by atoms with Crippen LogP contribution in [0.3, 0.4) is 0 Å². The van der Waals surface area contributed by atoms with Gasteiger partial charge in [-0.2, -0.15) is 0 Å². The van der Waals surface area contributed by atoms with Crippen LogP contribution in [0.2, 0.25) is 0 Å². The molecule has 2 aromatic carbocycles. The lowest BCUT2D eigenvalue weighted by Crippen LogP contribution is -2.25. The largest absolute Gasteiger partial charge is 0.497 e. The van der Waals surface area contributed by atoms with Crippen LogP contribution in [0.25, 0.3) is 0 Å². The molecular formula is C18H21NO3. The molecule has 2 rings (SSSR count). The van der Waals surface area contributed by atoms with E-state index in [-0.39, 0.29) is 5.91 Å². The van der Waals surface area contributed by atoms with E-state index in [1.165, 1.54) is 0 Å². The molecular weight excluding hydrogens is 278 g/mol. The van der Waals surface area contributed by atoms with Gasteiger partial charge in [-0.25, -0.2) is 0 Å². The van der Waals surface area contributed by atoms with Gasteiger partial charge in [0.2, 0.25) is 0 Å². The summed E-state index contributed by atoms with van der Waals surface area (Å²) in [6.45, 7) is 2.51. The zero-order chi connectivity index (χ0) is 15.9. The molecule has 0 radical (unpaired) electrons. The molecule has 0 atom stereocenters. The van der Waals surface area contributed by atoms with Gasteiger partial charge in [0.1, 0.15) is 11.5 Å². The first-order valence-electron chi connectivity index (χ1n) is 7.20. The fraction of sp³-hybridized carbons (Fsp3) is 0.278. The number of rotatable bonds is 6. The van der Waals surface area contributed by atoms with Crippen LogP contribution in [-0.2, 0) is 6.42 Å². The normalized spacial score (nSPS) is 10.1. The van der Waals surface area contributed by atoms with Crippen molar-refractivity contribution in [2.24, 2.45) is 0 Å². The van der Waals surface area contributed by atoms with E-state index in [2.05, 4.69) is 5.32 Å². The Hall–Kier alpha value is -2.49. The molecule has 116 valence electrons. The van der Waals surface area contributed by atoms with Crippen LogP contribution in [-0.4, -0.2) is 26.7 Å². The number of benzene rings is 2. The highest BCUT2D eigenvalue weighted by atomic mass is 16.5. The van der Waals surface area contributed by atoms with Crippen molar-refractivity contribution in [3.8, 4) is 11.5 Å². The molecule has 4 heteroatoms. The van der Waals surface area contributed by atoms with Gasteiger partial charge >= 0.3 is 0 Å². The molecule has 0 aromatic heterocycles. The van der Waals surface area contributed by atoms with Crippen molar-refractivity contribution >= 4 is 5.91 Å². The van der Waals surface area contributed by atoms with Gasteiger partial charge in [-0.05, 0) is 49.2 Å². The molecule has 0 saturated heterocycles. The second-order valence-electron chi connectivity index (χ2n) is 5.05. The molecule has 0 bridgehead atoms. The Morgan fingerprint density at radius 2 is 1.91 bits per heavy atom. The van der Waals surface area contributed by atoms with Crippen LogP contribution < -0.4 is 14.8 Å². The first kappa shape index (κ1) is 15.9. The Balaban J connectivity index is 1.97. The van der Waals surface area contributed by atoms with Crippen LogP contribution in [0, 0.1) is 6.92 Å². The van der Waals surface area contributed by atoms with Crippen LogP contribution in [0.1, 0.15) is 21.5 Å². The summed E-state index contributed by atoms with van der Waals surface area (Å²) in [6.07, 6.45) is 0.679. The number of methoxy groups -OCH3 is 2. The number of carbonyl (C=O) groups is 1. The van der Waals surface area contributed by atoms with Gasteiger partial charge in [0.05, 0.1) is 14.2 Å². The summed E-state index contributed by atoms with van der Waals surface area (Å²) < 4.78 is 10.6. The molecule has 0 spiro atoms. The topological polar surface area (TPSA) is 47.6 Å². The number of hydrogen-bond donors (Lipinski definition) is 1. The molecule has 22 heavy (non-hydrogen) atoms. The number of nitrogens with one attached hydrogen (secondary N) is 1. The fourth-order valence-electron chi connectivity index (χ4n) is 2.28. The molecule has 0 fully saturated rings. The van der Waals surface area contributed by atoms with Gasteiger partial charge in [0.25, 0.3) is 5.91 Å². The predicted octanol–water partition coefficient (Wildman–Crippen LogP) is 2.98. The Kier molecular flexibility index (Phi) is 5.42. The Morgan fingerprint density at radius 1 is 1.09 bits per heavy atom. The van der Waals surface area contributed by atoms with E-state index >= 15 is 0 Å². The SMILES string of the molecule is COc1ccc(OC)c(CCNC(=O)c2cccc(C)c2)c1. The third-order valence-corrected chi connectivity index (χ3v) is 3.45. The highest BCUT2D eigenvalue weighted by Gasteiger charge is 2.08. The van der Waals surface area contributed by atoms with Crippen molar-refractivity contribution in [1.82, 2.24) is 5.32 Å². The maximum absolute atomic E-state index is 12.1. The molecule has 0 saturated carbocycles. The molecule has 0 aliphatic heterocycles. The third-order valence-electron chi connectivity index (χ3n) is 3.45. The smallest absolute Gasteiger partial charge is 0.251 e. The van der Waals surface area contributed by atoms with Crippen molar-refractivity contribution in [1.29, 1.82) is 0 Å². The second-order valence-corrected chi connectivity index (χ2v) is 5.05. The van der Waals surface area contributed by atoms with Crippen molar-refractivity contribution < 1.29 is 14.3 Å². The number of hydrogen-bond acceptors (Lipinski definition) is 3. The van der Waals surface area contributed by atoms with Crippen LogP contribution in [0.15, 0.2) is 42.5 Å². The first-order chi connectivity index (χ1) is 10.6. The van der Waals surface area contributed by atoms with Gasteiger partial charge in [0.15, 0.2) is 0 Å². The van der Waals surface area contributed by atoms with E-state index in [4.69, 9.17) is 9.47 Å². The monoisotopic (exact) mass is 299 g/mol. The zero-order valence-corrected chi connectivity index (χ0v) is 13.2. The molecule has 0 aliphatic carbocycles. The minimum atomic E-state index is -0.0643. The molecule has 0 unspecified atom stereocenters. The number of carbonyl (C=O) groups excluding carboxylic acids is 1. The average Bonchev–Trinajstić information content (AvgIpc) is 2.54. The van der Waals surface area contributed by atoms with Crippen LogP contribution in [0.5, 0.6) is 11.5 Å². The van der Waals surface area contributed by atoms with Gasteiger partial charge in [-0.1, -0.05) is 17.7 Å². The molecule has 0 heterocycles. The minimum absolute atomic E-state index is 0.0643. The standard InChI is InChI=1S/C18H21NO3/c1-13-5-4-6-15(11-13)18(20)19-10-9-14-12-16(21-2)7-8-17(14)22-3/h4-8,11-12H,9-10H2,1-3H3,(H,19,20). The summed E-state index contributed by atoms with van der Waals surface area (Å²) >= 11 is 0. The highest BCUT2D eigenvalue weighted by molar-refractivity contribution is 5.94. The molecule has 1 amide bonds. The summed E-state index contributed by atoms with van der Waals surface area (Å²) in [5.41, 5.74) is 2.76. The number of ether oxygens (including phenoxy) is 2. The minimum Gasteiger partial charge on any atom is -0.497 e. The predicted molar refractivity (Wildman–Crippen MR) is 86.8 cm³/mol. The average molecular weight is 299 g/mol. The Labute approximate surface area is 131 Å². The highest BCUT2D eigenvalue weighted by Crippen LogP contribution is 2.24. The number of aryl methyl sites for hydroxylation is 1. The lowest BCUT2D eigenvalue weighted by atomic mass is 10.1. The maximum Gasteiger partial charge on any atom is 0.251 e. The van der Waals surface area contributed by atoms with Crippen molar-refractivity contribution in [3.05, 3.63) is 59.2 Å². The fourth-order valence-corrected chi connectivity index (χ4v) is 2.28. The van der Waals surface area contributed by atoms with Crippen molar-refractivity contribution in [2.75, 3.05) is 20.8 Å². The zero-order valence-electron chi connectivity index (χ0n) is 13.2. The molecule has 2 aromatic rings. The summed E-state index contributed by atoms with van der Waals surface area (Å²) in [5, 5.41) is 2.93. The summed E-state index contributed by atoms with van der Waals surface area (Å²) in [4.78, 5) is 12.1. The Morgan fingerprint density at radius 3 is 2.59 bits per heavy atom. The van der Waals surface area contributed by atoms with E-state index in [9.17, 15) is 4.79 Å². The number of amides is 1. The lowest BCUT2D eigenvalue weighted by Gasteiger charge is -2.11. The van der Waals surface area contributed by atoms with Crippen molar-refractivity contribution in [3.63, 3.8) is 0 Å². The summed E-state index contributed by atoms with van der Waals surface area (Å²) in [5.74, 6) is 1.51. The molecule has 4 nitrogen and oxygen atoms in total. The van der Waals surface area contributed by atoms with E-state index in [1.54, 1.807) is 14.2 Å². The van der Waals surface area contributed by atoms with E-state index < -0.39 is 0 Å². The van der Waals surface area contributed by atoms with E-state index in [0.29, 0.717) is 18.5 Å². The van der Waals surface area contributed by atoms with Gasteiger partial charge < -0.3 is 14.8 Å². The van der Waals surface area contributed by atoms with E-state index in [0.717, 1.165) is 22.6 Å². The van der Waals surface area contributed by atoms with Gasteiger partial charge in [-0.15, -0.1) is 0 Å². The maximum atomic E-state index is 12.1. The lowest BCUT2D eigenvalue weighted by molar-refractivity contribution is 0.0954. The van der Waals surface area contributed by atoms with Gasteiger partial charge in [0, 0.05) is 12.1 Å². The van der Waals surface area contributed by atoms with Crippen LogP contribution >= 0.6 is 0 Å². The summed E-state index contributed by atoms with van der Waals surface area (Å²) in [6, 6.07) is 13.2. The van der Waals surface area contributed by atoms with Gasteiger partial charge in [-0.3, -0.25) is 4.79 Å². The van der Waals surface area contributed by atoms with Crippen LogP contribution in [0.4, 0.5) is 0 Å². The first-order valence-corrected chi connectivity index (χ1v) is 7.20. The summed E-state index contributed by atoms with van der Waals surface area (Å²) in [7, 11) is 3.27. The molecule has 0 aliphatic rings. The van der Waals surface area contributed by atoms with E-state index in [1.807, 2.05) is 49.4 Å². The quantitative estimate of drug-likeness (QED) is 0.892. The van der Waals surface area contributed by atoms with Crippen molar-refractivity contribution in [2.45, 2.75) is 13.3 Å². The third kappa shape index (κ3) is 4.01.